The molecule has 3 aromatic rings. The summed E-state index contributed by atoms with van der Waals surface area (Å²) in [5.41, 5.74) is 1.34. The highest BCUT2D eigenvalue weighted by Gasteiger charge is 2.29. The predicted molar refractivity (Wildman–Crippen MR) is 96.1 cm³/mol. The van der Waals surface area contributed by atoms with Crippen LogP contribution in [0.25, 0.3) is 5.69 Å². The number of aromatic nitrogens is 3. The molecule has 2 amide bonds. The third-order valence-corrected chi connectivity index (χ3v) is 4.30. The second kappa shape index (κ2) is 6.79. The molecule has 0 aliphatic carbocycles. The largest absolute Gasteiger partial charge is 0.328 e. The number of rotatable bonds is 3. The lowest BCUT2D eigenvalue weighted by Crippen LogP contribution is -2.52. The molecule has 26 heavy (non-hydrogen) atoms. The van der Waals surface area contributed by atoms with E-state index in [0.29, 0.717) is 24.5 Å². The molecule has 3 heterocycles. The minimum Gasteiger partial charge on any atom is -0.328 e. The summed E-state index contributed by atoms with van der Waals surface area (Å²) in [6, 6.07) is 14.5. The van der Waals surface area contributed by atoms with Gasteiger partial charge in [-0.15, -0.1) is 0 Å². The van der Waals surface area contributed by atoms with E-state index in [1.807, 2.05) is 30.5 Å². The van der Waals surface area contributed by atoms with E-state index in [0.717, 1.165) is 5.69 Å². The summed E-state index contributed by atoms with van der Waals surface area (Å²) in [5.74, 6) is 0.324. The van der Waals surface area contributed by atoms with Gasteiger partial charge >= 0.3 is 0 Å². The Morgan fingerprint density at radius 1 is 1.00 bits per heavy atom. The Kier molecular flexibility index (Phi) is 4.18. The van der Waals surface area contributed by atoms with E-state index in [2.05, 4.69) is 10.1 Å². The lowest BCUT2D eigenvalue weighted by Gasteiger charge is -2.33. The van der Waals surface area contributed by atoms with Gasteiger partial charge in [0.15, 0.2) is 0 Å². The first-order valence-corrected chi connectivity index (χ1v) is 8.33. The van der Waals surface area contributed by atoms with Crippen molar-refractivity contribution in [2.75, 3.05) is 24.5 Å². The average molecular weight is 347 g/mol. The van der Waals surface area contributed by atoms with Crippen molar-refractivity contribution in [1.29, 1.82) is 0 Å². The lowest BCUT2D eigenvalue weighted by molar-refractivity contribution is -0.120. The van der Waals surface area contributed by atoms with Gasteiger partial charge in [0.25, 0.3) is 5.91 Å². The van der Waals surface area contributed by atoms with Crippen LogP contribution in [0.3, 0.4) is 0 Å². The molecule has 7 nitrogen and oxygen atoms in total. The van der Waals surface area contributed by atoms with Gasteiger partial charge in [0.2, 0.25) is 5.91 Å². The first-order valence-electron chi connectivity index (χ1n) is 8.33. The molecule has 7 heteroatoms. The van der Waals surface area contributed by atoms with Crippen LogP contribution < -0.4 is 4.90 Å². The third kappa shape index (κ3) is 3.06. The van der Waals surface area contributed by atoms with Crippen LogP contribution in [-0.2, 0) is 4.79 Å². The van der Waals surface area contributed by atoms with E-state index in [1.54, 1.807) is 51.1 Å². The molecule has 1 aliphatic heterocycles. The molecule has 4 rings (SSSR count). The number of anilines is 1. The number of carbonyl (C=O) groups is 2. The first-order chi connectivity index (χ1) is 12.7. The molecule has 1 saturated heterocycles. The predicted octanol–water partition coefficient (Wildman–Crippen LogP) is 1.76. The van der Waals surface area contributed by atoms with Crippen molar-refractivity contribution in [3.63, 3.8) is 0 Å². The van der Waals surface area contributed by atoms with Gasteiger partial charge in [-0.05, 0) is 36.4 Å². The minimum atomic E-state index is -0.159. The molecule has 0 spiro atoms. The Balaban J connectivity index is 1.50. The molecule has 0 radical (unpaired) electrons. The standard InChI is InChI=1S/C19H17N5O2/c25-18-14-22(11-12-23(18)17-7-1-2-8-20-17)19(26)15-5-3-6-16(13-15)24-10-4-9-21-24/h1-10,13H,11-12,14H2. The highest BCUT2D eigenvalue weighted by molar-refractivity contribution is 6.01. The van der Waals surface area contributed by atoms with E-state index in [-0.39, 0.29) is 18.4 Å². The smallest absolute Gasteiger partial charge is 0.254 e. The Morgan fingerprint density at radius 2 is 1.92 bits per heavy atom. The Labute approximate surface area is 150 Å². The molecule has 0 N–H and O–H groups in total. The second-order valence-corrected chi connectivity index (χ2v) is 5.96. The number of benzene rings is 1. The summed E-state index contributed by atoms with van der Waals surface area (Å²) in [7, 11) is 0. The van der Waals surface area contributed by atoms with E-state index >= 15 is 0 Å². The first kappa shape index (κ1) is 16.0. The molecule has 0 atom stereocenters. The maximum atomic E-state index is 12.8. The summed E-state index contributed by atoms with van der Waals surface area (Å²) in [6.45, 7) is 0.939. The van der Waals surface area contributed by atoms with Gasteiger partial charge in [-0.3, -0.25) is 14.5 Å². The Hall–Kier alpha value is -3.48. The highest BCUT2D eigenvalue weighted by atomic mass is 16.2. The number of nitrogens with zero attached hydrogens (tertiary/aromatic N) is 5. The van der Waals surface area contributed by atoms with E-state index < -0.39 is 0 Å². The van der Waals surface area contributed by atoms with Crippen molar-refractivity contribution in [1.82, 2.24) is 19.7 Å². The summed E-state index contributed by atoms with van der Waals surface area (Å²) >= 11 is 0. The van der Waals surface area contributed by atoms with Crippen molar-refractivity contribution in [2.45, 2.75) is 0 Å². The van der Waals surface area contributed by atoms with Gasteiger partial charge in [0, 0.05) is 37.2 Å². The molecule has 0 saturated carbocycles. The van der Waals surface area contributed by atoms with Gasteiger partial charge in [0.05, 0.1) is 5.69 Å². The minimum absolute atomic E-state index is 0.0431. The molecule has 1 aromatic carbocycles. The van der Waals surface area contributed by atoms with Gasteiger partial charge < -0.3 is 4.90 Å². The molecule has 0 unspecified atom stereocenters. The fourth-order valence-corrected chi connectivity index (χ4v) is 2.99. The van der Waals surface area contributed by atoms with Crippen LogP contribution in [0.4, 0.5) is 5.82 Å². The fraction of sp³-hybridized carbons (Fsp3) is 0.158. The van der Waals surface area contributed by atoms with Crippen molar-refractivity contribution in [3.8, 4) is 5.69 Å². The zero-order valence-electron chi connectivity index (χ0n) is 14.0. The highest BCUT2D eigenvalue weighted by Crippen LogP contribution is 2.17. The average Bonchev–Trinajstić information content (AvgIpc) is 3.23. The molecule has 130 valence electrons. The number of amides is 2. The fourth-order valence-electron chi connectivity index (χ4n) is 2.99. The summed E-state index contributed by atoms with van der Waals surface area (Å²) in [6.07, 6.45) is 5.16. The van der Waals surface area contributed by atoms with Crippen molar-refractivity contribution < 1.29 is 9.59 Å². The van der Waals surface area contributed by atoms with Crippen molar-refractivity contribution in [2.24, 2.45) is 0 Å². The van der Waals surface area contributed by atoms with Gasteiger partial charge in [-0.25, -0.2) is 9.67 Å². The topological polar surface area (TPSA) is 71.3 Å². The third-order valence-electron chi connectivity index (χ3n) is 4.30. The molecule has 0 bridgehead atoms. The van der Waals surface area contributed by atoms with Gasteiger partial charge in [0.1, 0.15) is 12.4 Å². The number of hydrogen-bond donors (Lipinski definition) is 0. The van der Waals surface area contributed by atoms with Crippen molar-refractivity contribution >= 4 is 17.6 Å². The number of carbonyl (C=O) groups excluding carboxylic acids is 2. The van der Waals surface area contributed by atoms with E-state index in [1.165, 1.54) is 0 Å². The number of pyridine rings is 1. The van der Waals surface area contributed by atoms with Crippen LogP contribution in [0.2, 0.25) is 0 Å². The molecular formula is C19H17N5O2. The van der Waals surface area contributed by atoms with Crippen LogP contribution in [0.5, 0.6) is 0 Å². The maximum Gasteiger partial charge on any atom is 0.254 e. The number of piperazine rings is 1. The zero-order chi connectivity index (χ0) is 17.9. The van der Waals surface area contributed by atoms with Gasteiger partial charge in [-0.1, -0.05) is 12.1 Å². The quantitative estimate of drug-likeness (QED) is 0.724. The summed E-state index contributed by atoms with van der Waals surface area (Å²) in [4.78, 5) is 32.7. The number of hydrogen-bond acceptors (Lipinski definition) is 4. The monoisotopic (exact) mass is 347 g/mol. The Morgan fingerprint density at radius 3 is 2.65 bits per heavy atom. The zero-order valence-corrected chi connectivity index (χ0v) is 14.0. The maximum absolute atomic E-state index is 12.8. The van der Waals surface area contributed by atoms with Crippen molar-refractivity contribution in [3.05, 3.63) is 72.7 Å². The van der Waals surface area contributed by atoms with Crippen LogP contribution >= 0.6 is 0 Å². The molecule has 1 aliphatic rings. The summed E-state index contributed by atoms with van der Waals surface area (Å²) < 4.78 is 1.70. The van der Waals surface area contributed by atoms with Crippen LogP contribution in [0.15, 0.2) is 67.1 Å². The Bertz CT molecular complexity index is 924. The normalized spacial score (nSPS) is 14.5. The molecule has 1 fully saturated rings. The van der Waals surface area contributed by atoms with E-state index in [9.17, 15) is 9.59 Å². The van der Waals surface area contributed by atoms with Crippen LogP contribution in [0, 0.1) is 0 Å². The van der Waals surface area contributed by atoms with E-state index in [4.69, 9.17) is 0 Å². The lowest BCUT2D eigenvalue weighted by atomic mass is 10.1. The summed E-state index contributed by atoms with van der Waals surface area (Å²) in [5, 5.41) is 4.18. The van der Waals surface area contributed by atoms with Gasteiger partial charge in [-0.2, -0.15) is 5.10 Å². The van der Waals surface area contributed by atoms with Crippen LogP contribution in [0.1, 0.15) is 10.4 Å². The SMILES string of the molecule is O=C(c1cccc(-n2cccn2)c1)N1CCN(c2ccccn2)C(=O)C1. The molecule has 2 aromatic heterocycles. The van der Waals surface area contributed by atoms with Crippen LogP contribution in [-0.4, -0.2) is 51.1 Å². The molecular weight excluding hydrogens is 330 g/mol. The second-order valence-electron chi connectivity index (χ2n) is 5.96.